The molecular weight excluding hydrogens is 386 g/mol. The van der Waals surface area contributed by atoms with E-state index in [1.165, 1.54) is 0 Å². The molecule has 0 saturated carbocycles. The maximum Gasteiger partial charge on any atom is 0.230 e. The van der Waals surface area contributed by atoms with Crippen LogP contribution in [0.2, 0.25) is 0 Å². The summed E-state index contributed by atoms with van der Waals surface area (Å²) in [5, 5.41) is 15.1. The zero-order valence-electron chi connectivity index (χ0n) is 16.8. The van der Waals surface area contributed by atoms with E-state index < -0.39 is 5.60 Å². The highest BCUT2D eigenvalue weighted by Gasteiger charge is 2.35. The summed E-state index contributed by atoms with van der Waals surface area (Å²) in [6.45, 7) is 3.81. The molecule has 1 aliphatic heterocycles. The number of aryl methyl sites for hydroxylation is 1. The average molecular weight is 412 g/mol. The van der Waals surface area contributed by atoms with Crippen LogP contribution in [0.4, 0.5) is 11.6 Å². The number of hydrogen-bond acceptors (Lipinski definition) is 8. The zero-order valence-corrected chi connectivity index (χ0v) is 17.7. The van der Waals surface area contributed by atoms with Crippen molar-refractivity contribution in [3.63, 3.8) is 0 Å². The smallest absolute Gasteiger partial charge is 0.230 e. The standard InChI is InChI=1S/C21H25N5O2S/c1-14-10-15(12-16(11-14)24-20-22-7-4-18(25-20)28-3)17-13-23-19(29-17)21(27)5-8-26(2)9-6-21/h4,7,10-13,27H,5-6,8-9H2,1-3H3,(H,22,24,25). The molecule has 1 aliphatic rings. The second-order valence-electron chi connectivity index (χ2n) is 7.50. The lowest BCUT2D eigenvalue weighted by Gasteiger charge is -2.34. The second kappa shape index (κ2) is 8.06. The minimum atomic E-state index is -0.825. The molecule has 4 rings (SSSR count). The van der Waals surface area contributed by atoms with Gasteiger partial charge in [-0.2, -0.15) is 4.98 Å². The third-order valence-corrected chi connectivity index (χ3v) is 6.41. The van der Waals surface area contributed by atoms with Crippen LogP contribution in [-0.2, 0) is 5.60 Å². The van der Waals surface area contributed by atoms with Crippen molar-refractivity contribution in [2.45, 2.75) is 25.4 Å². The SMILES string of the molecule is COc1ccnc(Nc2cc(C)cc(-c3cnc(C4(O)CCN(C)CC4)s3)c2)n1. The van der Waals surface area contributed by atoms with Crippen LogP contribution >= 0.6 is 11.3 Å². The van der Waals surface area contributed by atoms with Crippen LogP contribution in [0.5, 0.6) is 5.88 Å². The number of likely N-dealkylation sites (tertiary alicyclic amines) is 1. The molecule has 0 aliphatic carbocycles. The van der Waals surface area contributed by atoms with Crippen LogP contribution in [0.1, 0.15) is 23.4 Å². The highest BCUT2D eigenvalue weighted by Crippen LogP contribution is 2.38. The zero-order chi connectivity index (χ0) is 20.4. The van der Waals surface area contributed by atoms with E-state index in [4.69, 9.17) is 4.74 Å². The molecule has 0 unspecified atom stereocenters. The van der Waals surface area contributed by atoms with Gasteiger partial charge < -0.3 is 20.1 Å². The number of nitrogens with zero attached hydrogens (tertiary/aromatic N) is 4. The van der Waals surface area contributed by atoms with E-state index in [1.807, 2.05) is 25.3 Å². The van der Waals surface area contributed by atoms with E-state index in [0.717, 1.165) is 39.8 Å². The molecule has 0 bridgehead atoms. The minimum Gasteiger partial charge on any atom is -0.481 e. The Labute approximate surface area is 174 Å². The molecule has 2 aromatic heterocycles. The van der Waals surface area contributed by atoms with Crippen molar-refractivity contribution in [2.24, 2.45) is 0 Å². The van der Waals surface area contributed by atoms with Gasteiger partial charge in [0.2, 0.25) is 11.8 Å². The van der Waals surface area contributed by atoms with Gasteiger partial charge in [-0.05, 0) is 50.1 Å². The van der Waals surface area contributed by atoms with E-state index in [1.54, 1.807) is 30.7 Å². The summed E-state index contributed by atoms with van der Waals surface area (Å²) < 4.78 is 5.16. The summed E-state index contributed by atoms with van der Waals surface area (Å²) in [7, 11) is 3.66. The normalized spacial score (nSPS) is 16.6. The first-order valence-electron chi connectivity index (χ1n) is 9.58. The summed E-state index contributed by atoms with van der Waals surface area (Å²) in [5.41, 5.74) is 2.23. The first-order chi connectivity index (χ1) is 13.9. The van der Waals surface area contributed by atoms with Gasteiger partial charge in [0.15, 0.2) is 0 Å². The Bertz CT molecular complexity index is 998. The molecule has 1 aromatic carbocycles. The van der Waals surface area contributed by atoms with Gasteiger partial charge in [-0.1, -0.05) is 6.07 Å². The number of benzene rings is 1. The Hall–Kier alpha value is -2.55. The van der Waals surface area contributed by atoms with Crippen LogP contribution < -0.4 is 10.1 Å². The Morgan fingerprint density at radius 2 is 2.00 bits per heavy atom. The molecule has 1 fully saturated rings. The van der Waals surface area contributed by atoms with Crippen LogP contribution in [0.15, 0.2) is 36.7 Å². The lowest BCUT2D eigenvalue weighted by molar-refractivity contribution is -0.0204. The number of aliphatic hydroxyl groups is 1. The molecule has 0 amide bonds. The third-order valence-electron chi connectivity index (χ3n) is 5.18. The van der Waals surface area contributed by atoms with Crippen LogP contribution in [0.25, 0.3) is 10.4 Å². The molecule has 1 saturated heterocycles. The Morgan fingerprint density at radius 3 is 2.76 bits per heavy atom. The Morgan fingerprint density at radius 1 is 1.21 bits per heavy atom. The number of ether oxygens (including phenoxy) is 1. The fraction of sp³-hybridized carbons (Fsp3) is 0.381. The molecule has 3 heterocycles. The maximum absolute atomic E-state index is 11.1. The monoisotopic (exact) mass is 411 g/mol. The third kappa shape index (κ3) is 4.39. The largest absolute Gasteiger partial charge is 0.481 e. The van der Waals surface area contributed by atoms with Gasteiger partial charge in [0, 0.05) is 37.2 Å². The molecule has 0 atom stereocenters. The minimum absolute atomic E-state index is 0.478. The number of nitrogens with one attached hydrogen (secondary N) is 1. The summed E-state index contributed by atoms with van der Waals surface area (Å²) in [4.78, 5) is 16.4. The van der Waals surface area contributed by atoms with Crippen molar-refractivity contribution in [3.8, 4) is 16.3 Å². The number of thiazole rings is 1. The fourth-order valence-corrected chi connectivity index (χ4v) is 4.52. The number of methoxy groups -OCH3 is 1. The molecule has 8 heteroatoms. The molecule has 152 valence electrons. The molecule has 7 nitrogen and oxygen atoms in total. The molecule has 29 heavy (non-hydrogen) atoms. The summed E-state index contributed by atoms with van der Waals surface area (Å²) in [6, 6.07) is 7.91. The van der Waals surface area contributed by atoms with Crippen molar-refractivity contribution < 1.29 is 9.84 Å². The molecule has 2 N–H and O–H groups in total. The Balaban J connectivity index is 1.59. The number of anilines is 2. The van der Waals surface area contributed by atoms with Gasteiger partial charge in [0.1, 0.15) is 10.6 Å². The van der Waals surface area contributed by atoms with E-state index >= 15 is 0 Å². The van der Waals surface area contributed by atoms with Crippen LogP contribution in [0.3, 0.4) is 0 Å². The number of hydrogen-bond donors (Lipinski definition) is 2. The van der Waals surface area contributed by atoms with Gasteiger partial charge >= 0.3 is 0 Å². The van der Waals surface area contributed by atoms with E-state index in [-0.39, 0.29) is 0 Å². The van der Waals surface area contributed by atoms with Crippen LogP contribution in [0, 0.1) is 6.92 Å². The average Bonchev–Trinajstić information content (AvgIpc) is 3.21. The quantitative estimate of drug-likeness (QED) is 0.664. The van der Waals surface area contributed by atoms with Gasteiger partial charge in [-0.3, -0.25) is 0 Å². The second-order valence-corrected chi connectivity index (χ2v) is 8.53. The number of piperidine rings is 1. The Kier molecular flexibility index (Phi) is 5.49. The first-order valence-corrected chi connectivity index (χ1v) is 10.4. The van der Waals surface area contributed by atoms with Crippen molar-refractivity contribution in [1.29, 1.82) is 0 Å². The van der Waals surface area contributed by atoms with Gasteiger partial charge in [0.05, 0.1) is 12.0 Å². The summed E-state index contributed by atoms with van der Waals surface area (Å²) in [6.07, 6.45) is 4.94. The molecule has 0 radical (unpaired) electrons. The number of rotatable bonds is 5. The van der Waals surface area contributed by atoms with Crippen LogP contribution in [-0.4, -0.2) is 52.2 Å². The lowest BCUT2D eigenvalue weighted by Crippen LogP contribution is -2.40. The molecule has 3 aromatic rings. The van der Waals surface area contributed by atoms with Gasteiger partial charge in [0.25, 0.3) is 0 Å². The molecular formula is C21H25N5O2S. The summed E-state index contributed by atoms with van der Waals surface area (Å²) in [5.74, 6) is 0.986. The van der Waals surface area contributed by atoms with Crippen molar-refractivity contribution >= 4 is 23.0 Å². The summed E-state index contributed by atoms with van der Waals surface area (Å²) >= 11 is 1.56. The number of aromatic nitrogens is 3. The van der Waals surface area contributed by atoms with Gasteiger partial charge in [-0.15, -0.1) is 11.3 Å². The highest BCUT2D eigenvalue weighted by atomic mass is 32.1. The topological polar surface area (TPSA) is 83.4 Å². The first kappa shape index (κ1) is 19.8. The lowest BCUT2D eigenvalue weighted by atomic mass is 9.92. The van der Waals surface area contributed by atoms with Gasteiger partial charge in [-0.25, -0.2) is 9.97 Å². The van der Waals surface area contributed by atoms with E-state index in [0.29, 0.717) is 24.7 Å². The predicted molar refractivity (Wildman–Crippen MR) is 115 cm³/mol. The predicted octanol–water partition coefficient (Wildman–Crippen LogP) is 3.57. The van der Waals surface area contributed by atoms with E-state index in [9.17, 15) is 5.11 Å². The van der Waals surface area contributed by atoms with Crippen molar-refractivity contribution in [3.05, 3.63) is 47.2 Å². The van der Waals surface area contributed by atoms with Crippen molar-refractivity contribution in [1.82, 2.24) is 19.9 Å². The van der Waals surface area contributed by atoms with Crippen molar-refractivity contribution in [2.75, 3.05) is 32.6 Å². The molecule has 0 spiro atoms. The highest BCUT2D eigenvalue weighted by molar-refractivity contribution is 7.15. The fourth-order valence-electron chi connectivity index (χ4n) is 3.47. The van der Waals surface area contributed by atoms with E-state index in [2.05, 4.69) is 38.3 Å². The maximum atomic E-state index is 11.1.